The van der Waals surface area contributed by atoms with Crippen LogP contribution in [0.15, 0.2) is 24.4 Å². The Morgan fingerprint density at radius 1 is 1.26 bits per heavy atom. The summed E-state index contributed by atoms with van der Waals surface area (Å²) in [7, 11) is 1.96. The molecule has 0 bridgehead atoms. The highest BCUT2D eigenvalue weighted by Gasteiger charge is 2.20. The van der Waals surface area contributed by atoms with Gasteiger partial charge < -0.3 is 10.5 Å². The highest BCUT2D eigenvalue weighted by atomic mass is 16.5. The number of aromatic nitrogens is 7. The van der Waals surface area contributed by atoms with E-state index in [0.717, 1.165) is 35.4 Å². The number of morpholine rings is 1. The standard InChI is InChI=1S/C22H28N10O2/c1-4-31-19(9-14(2)28-31)22-25-21(26-27-22)16-10-15(20(23)33)11-18-17(16)12-24-32(18)29(3)13-30-5-7-34-8-6-30/h9-12H,4-8,13H2,1-3H3,(H2,23,33)(H,25,26,27). The maximum atomic E-state index is 12.2. The van der Waals surface area contributed by atoms with E-state index in [1.54, 1.807) is 23.1 Å². The van der Waals surface area contributed by atoms with Crippen molar-refractivity contribution < 1.29 is 9.53 Å². The van der Waals surface area contributed by atoms with Crippen molar-refractivity contribution in [1.82, 2.24) is 39.8 Å². The zero-order chi connectivity index (χ0) is 23.8. The summed E-state index contributed by atoms with van der Waals surface area (Å²) in [5.74, 6) is 0.536. The summed E-state index contributed by atoms with van der Waals surface area (Å²) in [6.45, 7) is 8.48. The Kier molecular flexibility index (Phi) is 5.75. The molecule has 0 spiro atoms. The number of rotatable bonds is 7. The number of hydrogen-bond donors (Lipinski definition) is 2. The van der Waals surface area contributed by atoms with Gasteiger partial charge in [0.25, 0.3) is 0 Å². The van der Waals surface area contributed by atoms with Gasteiger partial charge in [-0.1, -0.05) is 0 Å². The monoisotopic (exact) mass is 464 g/mol. The lowest BCUT2D eigenvalue weighted by molar-refractivity contribution is 0.0357. The molecule has 0 saturated carbocycles. The van der Waals surface area contributed by atoms with Crippen LogP contribution in [0, 0.1) is 6.92 Å². The van der Waals surface area contributed by atoms with Gasteiger partial charge in [0.2, 0.25) is 5.91 Å². The Bertz CT molecular complexity index is 1330. The van der Waals surface area contributed by atoms with Crippen molar-refractivity contribution in [3.05, 3.63) is 35.7 Å². The van der Waals surface area contributed by atoms with Crippen LogP contribution in [-0.4, -0.2) is 85.7 Å². The van der Waals surface area contributed by atoms with E-state index in [9.17, 15) is 4.79 Å². The lowest BCUT2D eigenvalue weighted by Gasteiger charge is -2.31. The molecule has 3 aromatic heterocycles. The first-order chi connectivity index (χ1) is 16.4. The summed E-state index contributed by atoms with van der Waals surface area (Å²) in [6.07, 6.45) is 1.77. The Morgan fingerprint density at radius 3 is 2.79 bits per heavy atom. The minimum atomic E-state index is -0.526. The summed E-state index contributed by atoms with van der Waals surface area (Å²) < 4.78 is 7.31. The molecule has 178 valence electrons. The van der Waals surface area contributed by atoms with Crippen molar-refractivity contribution >= 4 is 16.8 Å². The van der Waals surface area contributed by atoms with Crippen LogP contribution < -0.4 is 10.7 Å². The number of hydrogen-bond acceptors (Lipinski definition) is 8. The van der Waals surface area contributed by atoms with Crippen molar-refractivity contribution in [2.75, 3.05) is 45.0 Å². The van der Waals surface area contributed by atoms with Gasteiger partial charge in [-0.15, -0.1) is 0 Å². The van der Waals surface area contributed by atoms with Gasteiger partial charge in [-0.05, 0) is 32.0 Å². The van der Waals surface area contributed by atoms with Crippen molar-refractivity contribution in [3.8, 4) is 22.9 Å². The molecular formula is C22H28N10O2. The average Bonchev–Trinajstić information content (AvgIpc) is 3.56. The van der Waals surface area contributed by atoms with E-state index in [1.165, 1.54) is 0 Å². The van der Waals surface area contributed by atoms with Crippen LogP contribution in [-0.2, 0) is 11.3 Å². The van der Waals surface area contributed by atoms with Crippen LogP contribution >= 0.6 is 0 Å². The van der Waals surface area contributed by atoms with Gasteiger partial charge in [-0.25, -0.2) is 4.98 Å². The summed E-state index contributed by atoms with van der Waals surface area (Å²) >= 11 is 0. The van der Waals surface area contributed by atoms with E-state index < -0.39 is 5.91 Å². The number of amides is 1. The summed E-state index contributed by atoms with van der Waals surface area (Å²) in [6, 6.07) is 5.43. The molecule has 34 heavy (non-hydrogen) atoms. The Balaban J connectivity index is 1.55. The second-order valence-electron chi connectivity index (χ2n) is 8.38. The van der Waals surface area contributed by atoms with Gasteiger partial charge in [-0.2, -0.15) is 20.1 Å². The third kappa shape index (κ3) is 4.01. The molecule has 0 radical (unpaired) electrons. The molecule has 1 amide bonds. The molecule has 0 atom stereocenters. The zero-order valence-corrected chi connectivity index (χ0v) is 19.5. The van der Waals surface area contributed by atoms with Gasteiger partial charge in [-0.3, -0.25) is 24.5 Å². The summed E-state index contributed by atoms with van der Waals surface area (Å²) in [5, 5.41) is 19.4. The topological polar surface area (TPSA) is 136 Å². The number of aromatic amines is 1. The number of fused-ring (bicyclic) bond motifs is 1. The molecule has 1 aliphatic heterocycles. The molecule has 1 saturated heterocycles. The van der Waals surface area contributed by atoms with E-state index >= 15 is 0 Å². The number of carbonyl (C=O) groups excluding carboxylic acids is 1. The number of carbonyl (C=O) groups is 1. The highest BCUT2D eigenvalue weighted by Crippen LogP contribution is 2.29. The minimum absolute atomic E-state index is 0.366. The quantitative estimate of drug-likeness (QED) is 0.413. The van der Waals surface area contributed by atoms with Gasteiger partial charge >= 0.3 is 0 Å². The number of nitrogens with zero attached hydrogens (tertiary/aromatic N) is 8. The predicted molar refractivity (Wildman–Crippen MR) is 127 cm³/mol. The molecule has 5 rings (SSSR count). The van der Waals surface area contributed by atoms with Crippen LogP contribution in [0.25, 0.3) is 33.8 Å². The van der Waals surface area contributed by atoms with Crippen molar-refractivity contribution in [2.24, 2.45) is 5.73 Å². The fourth-order valence-electron chi connectivity index (χ4n) is 4.28. The molecule has 12 heteroatoms. The summed E-state index contributed by atoms with van der Waals surface area (Å²) in [4.78, 5) is 20.9. The first-order valence-corrected chi connectivity index (χ1v) is 11.2. The SMILES string of the molecule is CCn1nc(C)cc1-c1nc(-c2cc(C(N)=O)cc3c2cnn3N(C)CN2CCOCC2)n[nH]1. The van der Waals surface area contributed by atoms with Crippen molar-refractivity contribution in [1.29, 1.82) is 0 Å². The fourth-order valence-corrected chi connectivity index (χ4v) is 4.28. The van der Waals surface area contributed by atoms with E-state index in [-0.39, 0.29) is 0 Å². The van der Waals surface area contributed by atoms with Crippen LogP contribution in [0.5, 0.6) is 0 Å². The number of nitrogens with two attached hydrogens (primary N) is 1. The fraction of sp³-hybridized carbons (Fsp3) is 0.409. The third-order valence-corrected chi connectivity index (χ3v) is 5.96. The van der Waals surface area contributed by atoms with Crippen LogP contribution in [0.4, 0.5) is 0 Å². The average molecular weight is 465 g/mol. The number of primary amides is 1. The lowest BCUT2D eigenvalue weighted by Crippen LogP contribution is -2.46. The molecule has 3 N–H and O–H groups in total. The minimum Gasteiger partial charge on any atom is -0.379 e. The molecule has 4 heterocycles. The highest BCUT2D eigenvalue weighted by molar-refractivity contribution is 6.02. The molecule has 1 aromatic carbocycles. The van der Waals surface area contributed by atoms with Gasteiger partial charge in [0.15, 0.2) is 11.6 Å². The van der Waals surface area contributed by atoms with Gasteiger partial charge in [0, 0.05) is 43.2 Å². The van der Waals surface area contributed by atoms with E-state index in [1.807, 2.05) is 36.7 Å². The molecule has 1 fully saturated rings. The molecule has 4 aromatic rings. The molecule has 1 aliphatic rings. The first kappa shape index (κ1) is 22.0. The van der Waals surface area contributed by atoms with Crippen LogP contribution in [0.1, 0.15) is 23.0 Å². The zero-order valence-electron chi connectivity index (χ0n) is 19.5. The first-order valence-electron chi connectivity index (χ1n) is 11.2. The van der Waals surface area contributed by atoms with E-state index in [4.69, 9.17) is 15.5 Å². The maximum absolute atomic E-state index is 12.2. The van der Waals surface area contributed by atoms with E-state index in [2.05, 4.69) is 25.3 Å². The number of benzene rings is 1. The Labute approximate surface area is 196 Å². The number of aryl methyl sites for hydroxylation is 2. The smallest absolute Gasteiger partial charge is 0.248 e. The maximum Gasteiger partial charge on any atom is 0.248 e. The van der Waals surface area contributed by atoms with E-state index in [0.29, 0.717) is 49.2 Å². The Hall–Kier alpha value is -3.77. The number of ether oxygens (including phenoxy) is 1. The van der Waals surface area contributed by atoms with Crippen molar-refractivity contribution in [3.63, 3.8) is 0 Å². The second-order valence-corrected chi connectivity index (χ2v) is 8.38. The third-order valence-electron chi connectivity index (χ3n) is 5.96. The Morgan fingerprint density at radius 2 is 2.06 bits per heavy atom. The molecule has 0 unspecified atom stereocenters. The molecule has 0 aliphatic carbocycles. The number of H-pyrrole nitrogens is 1. The second kappa shape index (κ2) is 8.88. The van der Waals surface area contributed by atoms with Crippen molar-refractivity contribution in [2.45, 2.75) is 20.4 Å². The predicted octanol–water partition coefficient (Wildman–Crippen LogP) is 0.970. The normalized spacial score (nSPS) is 14.7. The molecule has 12 nitrogen and oxygen atoms in total. The van der Waals surface area contributed by atoms with Gasteiger partial charge in [0.05, 0.1) is 37.3 Å². The lowest BCUT2D eigenvalue weighted by atomic mass is 10.1. The molecular weight excluding hydrogens is 436 g/mol. The summed E-state index contributed by atoms with van der Waals surface area (Å²) in [5.41, 5.74) is 9.22. The largest absolute Gasteiger partial charge is 0.379 e. The van der Waals surface area contributed by atoms with Gasteiger partial charge in [0.1, 0.15) is 5.69 Å². The van der Waals surface area contributed by atoms with Crippen LogP contribution in [0.2, 0.25) is 0 Å². The van der Waals surface area contributed by atoms with Crippen LogP contribution in [0.3, 0.4) is 0 Å². The number of nitrogens with one attached hydrogen (secondary N) is 1.